The number of hydrogen-bond donors (Lipinski definition) is 2. The van der Waals surface area contributed by atoms with Crippen LogP contribution in [0.4, 0.5) is 0 Å². The topological polar surface area (TPSA) is 50.1 Å². The molecule has 1 aliphatic carbocycles. The van der Waals surface area contributed by atoms with Crippen molar-refractivity contribution in [2.45, 2.75) is 51.1 Å². The Labute approximate surface area is 109 Å². The van der Waals surface area contributed by atoms with Gasteiger partial charge in [-0.15, -0.1) is 0 Å². The van der Waals surface area contributed by atoms with Crippen LogP contribution >= 0.6 is 0 Å². The van der Waals surface area contributed by atoms with Crippen LogP contribution in [0.3, 0.4) is 0 Å². The number of aromatic nitrogens is 2. The molecule has 0 radical (unpaired) electrons. The molecule has 0 aliphatic heterocycles. The van der Waals surface area contributed by atoms with Gasteiger partial charge >= 0.3 is 0 Å². The lowest BCUT2D eigenvalue weighted by Gasteiger charge is -2.30. The fourth-order valence-corrected chi connectivity index (χ4v) is 2.97. The number of aliphatic hydroxyl groups is 1. The van der Waals surface area contributed by atoms with Crippen molar-refractivity contribution in [2.24, 2.45) is 13.0 Å². The van der Waals surface area contributed by atoms with Gasteiger partial charge in [0.1, 0.15) is 0 Å². The molecular weight excluding hydrogens is 226 g/mol. The van der Waals surface area contributed by atoms with E-state index in [4.69, 9.17) is 0 Å². The molecule has 4 nitrogen and oxygen atoms in total. The summed E-state index contributed by atoms with van der Waals surface area (Å²) in [6, 6.07) is 0.442. The Bertz CT molecular complexity index is 345. The molecule has 1 saturated carbocycles. The second kappa shape index (κ2) is 6.90. The van der Waals surface area contributed by atoms with E-state index in [1.54, 1.807) is 0 Å². The highest BCUT2D eigenvalue weighted by Gasteiger charge is 2.22. The molecule has 0 amide bonds. The number of rotatable bonds is 6. The highest BCUT2D eigenvalue weighted by molar-refractivity contribution is 4.96. The molecule has 4 heteroatoms. The first-order valence-corrected chi connectivity index (χ1v) is 7.10. The van der Waals surface area contributed by atoms with Crippen molar-refractivity contribution in [2.75, 3.05) is 6.61 Å². The van der Waals surface area contributed by atoms with E-state index in [0.29, 0.717) is 6.04 Å². The lowest BCUT2D eigenvalue weighted by Crippen LogP contribution is -2.37. The smallest absolute Gasteiger partial charge is 0.0947 e. The van der Waals surface area contributed by atoms with Crippen LogP contribution < -0.4 is 5.32 Å². The normalized spacial score (nSPS) is 19.0. The fraction of sp³-hybridized carbons (Fsp3) is 0.786. The highest BCUT2D eigenvalue weighted by atomic mass is 16.3. The summed E-state index contributed by atoms with van der Waals surface area (Å²) in [5, 5.41) is 12.8. The van der Waals surface area contributed by atoms with Crippen molar-refractivity contribution in [3.8, 4) is 0 Å². The van der Waals surface area contributed by atoms with Crippen molar-refractivity contribution in [1.82, 2.24) is 14.9 Å². The van der Waals surface area contributed by atoms with Crippen molar-refractivity contribution >= 4 is 0 Å². The van der Waals surface area contributed by atoms with Gasteiger partial charge in [0.05, 0.1) is 12.0 Å². The minimum absolute atomic E-state index is 0.274. The zero-order valence-corrected chi connectivity index (χ0v) is 11.3. The maximum Gasteiger partial charge on any atom is 0.0947 e. The molecule has 1 heterocycles. The molecule has 2 rings (SSSR count). The van der Waals surface area contributed by atoms with Crippen molar-refractivity contribution in [3.63, 3.8) is 0 Å². The molecule has 0 saturated heterocycles. The van der Waals surface area contributed by atoms with E-state index in [1.165, 1.54) is 32.1 Å². The molecule has 1 aromatic rings. The predicted octanol–water partition coefficient (Wildman–Crippen LogP) is 1.84. The lowest BCUT2D eigenvalue weighted by atomic mass is 9.83. The van der Waals surface area contributed by atoms with Crippen LogP contribution in [0, 0.1) is 5.92 Å². The van der Waals surface area contributed by atoms with E-state index < -0.39 is 0 Å². The number of imidazole rings is 1. The Morgan fingerprint density at radius 3 is 2.83 bits per heavy atom. The molecule has 0 bridgehead atoms. The van der Waals surface area contributed by atoms with Crippen LogP contribution in [-0.4, -0.2) is 27.3 Å². The highest BCUT2D eigenvalue weighted by Crippen LogP contribution is 2.27. The monoisotopic (exact) mass is 251 g/mol. The first kappa shape index (κ1) is 13.6. The van der Waals surface area contributed by atoms with Gasteiger partial charge in [0.25, 0.3) is 0 Å². The standard InChI is InChI=1S/C14H25N3O/c1-17-10-13(16-11-17)9-15-14(7-8-18)12-5-3-2-4-6-12/h10-12,14-15,18H,2-9H2,1H3/t14-/m1/s1. The SMILES string of the molecule is Cn1cnc(CN[C@H](CCO)C2CCCCC2)c1. The third-order valence-electron chi connectivity index (χ3n) is 3.96. The number of aryl methyl sites for hydroxylation is 1. The summed E-state index contributed by atoms with van der Waals surface area (Å²) in [6.45, 7) is 1.08. The molecule has 1 fully saturated rings. The molecule has 102 valence electrons. The maximum atomic E-state index is 9.21. The Kier molecular flexibility index (Phi) is 5.20. The molecule has 0 aromatic carbocycles. The number of nitrogens with one attached hydrogen (secondary N) is 1. The molecular formula is C14H25N3O. The van der Waals surface area contributed by atoms with Gasteiger partial charge in [-0.25, -0.2) is 4.98 Å². The van der Waals surface area contributed by atoms with E-state index in [0.717, 1.165) is 24.6 Å². The quantitative estimate of drug-likeness (QED) is 0.811. The molecule has 1 atom stereocenters. The van der Waals surface area contributed by atoms with Gasteiger partial charge < -0.3 is 15.0 Å². The zero-order chi connectivity index (χ0) is 12.8. The van der Waals surface area contributed by atoms with Crippen LogP contribution in [0.1, 0.15) is 44.2 Å². The Morgan fingerprint density at radius 1 is 1.44 bits per heavy atom. The molecule has 18 heavy (non-hydrogen) atoms. The maximum absolute atomic E-state index is 9.21. The molecule has 2 N–H and O–H groups in total. The van der Waals surface area contributed by atoms with Gasteiger partial charge in [-0.2, -0.15) is 0 Å². The van der Waals surface area contributed by atoms with E-state index in [9.17, 15) is 5.11 Å². The van der Waals surface area contributed by atoms with E-state index in [1.807, 2.05) is 24.1 Å². The number of aliphatic hydroxyl groups excluding tert-OH is 1. The summed E-state index contributed by atoms with van der Waals surface area (Å²) in [4.78, 5) is 4.33. The zero-order valence-electron chi connectivity index (χ0n) is 11.3. The Balaban J connectivity index is 1.85. The average Bonchev–Trinajstić information content (AvgIpc) is 2.81. The predicted molar refractivity (Wildman–Crippen MR) is 72.1 cm³/mol. The van der Waals surface area contributed by atoms with Gasteiger partial charge in [0.15, 0.2) is 0 Å². The second-order valence-electron chi connectivity index (χ2n) is 5.43. The Morgan fingerprint density at radius 2 is 2.22 bits per heavy atom. The van der Waals surface area contributed by atoms with Crippen LogP contribution in [0.5, 0.6) is 0 Å². The lowest BCUT2D eigenvalue weighted by molar-refractivity contribution is 0.205. The molecule has 1 aromatic heterocycles. The minimum Gasteiger partial charge on any atom is -0.396 e. The van der Waals surface area contributed by atoms with Gasteiger partial charge in [0.2, 0.25) is 0 Å². The first-order chi connectivity index (χ1) is 8.79. The Hall–Kier alpha value is -0.870. The summed E-state index contributed by atoms with van der Waals surface area (Å²) in [6.07, 6.45) is 11.4. The first-order valence-electron chi connectivity index (χ1n) is 7.10. The van der Waals surface area contributed by atoms with E-state index in [2.05, 4.69) is 10.3 Å². The van der Waals surface area contributed by atoms with Gasteiger partial charge in [-0.1, -0.05) is 19.3 Å². The number of hydrogen-bond acceptors (Lipinski definition) is 3. The van der Waals surface area contributed by atoms with E-state index >= 15 is 0 Å². The summed E-state index contributed by atoms with van der Waals surface area (Å²) in [7, 11) is 1.99. The number of nitrogens with zero attached hydrogens (tertiary/aromatic N) is 2. The molecule has 0 unspecified atom stereocenters. The largest absolute Gasteiger partial charge is 0.396 e. The van der Waals surface area contributed by atoms with Gasteiger partial charge in [-0.3, -0.25) is 0 Å². The van der Waals surface area contributed by atoms with Crippen LogP contribution in [0.15, 0.2) is 12.5 Å². The third-order valence-corrected chi connectivity index (χ3v) is 3.96. The van der Waals surface area contributed by atoms with Gasteiger partial charge in [-0.05, 0) is 25.2 Å². The summed E-state index contributed by atoms with van der Waals surface area (Å²) in [5.41, 5.74) is 1.08. The van der Waals surface area contributed by atoms with Crippen LogP contribution in [-0.2, 0) is 13.6 Å². The average molecular weight is 251 g/mol. The van der Waals surface area contributed by atoms with Crippen molar-refractivity contribution in [3.05, 3.63) is 18.2 Å². The van der Waals surface area contributed by atoms with Crippen LogP contribution in [0.2, 0.25) is 0 Å². The van der Waals surface area contributed by atoms with Gasteiger partial charge in [0, 0.05) is 32.4 Å². The molecule has 0 spiro atoms. The van der Waals surface area contributed by atoms with Crippen molar-refractivity contribution < 1.29 is 5.11 Å². The van der Waals surface area contributed by atoms with Crippen LogP contribution in [0.25, 0.3) is 0 Å². The summed E-state index contributed by atoms with van der Waals surface area (Å²) >= 11 is 0. The minimum atomic E-state index is 0.274. The second-order valence-corrected chi connectivity index (χ2v) is 5.43. The fourth-order valence-electron chi connectivity index (χ4n) is 2.97. The van der Waals surface area contributed by atoms with E-state index in [-0.39, 0.29) is 6.61 Å². The van der Waals surface area contributed by atoms with Crippen molar-refractivity contribution in [1.29, 1.82) is 0 Å². The summed E-state index contributed by atoms with van der Waals surface area (Å²) in [5.74, 6) is 0.731. The summed E-state index contributed by atoms with van der Waals surface area (Å²) < 4.78 is 1.97. The molecule has 1 aliphatic rings. The third kappa shape index (κ3) is 3.82.